The van der Waals surface area contributed by atoms with Gasteiger partial charge in [0.25, 0.3) is 0 Å². The van der Waals surface area contributed by atoms with E-state index < -0.39 is 7.80 Å². The van der Waals surface area contributed by atoms with E-state index >= 15 is 0 Å². The molecule has 0 aliphatic heterocycles. The highest BCUT2D eigenvalue weighted by Crippen LogP contribution is 2.29. The van der Waals surface area contributed by atoms with E-state index in [2.05, 4.69) is 12.1 Å². The van der Waals surface area contributed by atoms with Crippen molar-refractivity contribution in [1.82, 2.24) is 4.98 Å². The Kier molecular flexibility index (Phi) is 3.48. The Hall–Kier alpha value is -2.44. The molecule has 1 heterocycles. The first-order valence-corrected chi connectivity index (χ1v) is 9.04. The summed E-state index contributed by atoms with van der Waals surface area (Å²) in [5.41, 5.74) is 2.72. The van der Waals surface area contributed by atoms with Gasteiger partial charge in [-0.3, -0.25) is 0 Å². The minimum atomic E-state index is -2.14. The molecule has 4 aromatic rings. The summed E-state index contributed by atoms with van der Waals surface area (Å²) >= 11 is 0. The van der Waals surface area contributed by atoms with Crippen LogP contribution in [0.5, 0.6) is 0 Å². The molecule has 0 spiro atoms. The minimum absolute atomic E-state index is 0.704. The fourth-order valence-corrected chi connectivity index (χ4v) is 4.56. The van der Waals surface area contributed by atoms with Gasteiger partial charge >= 0.3 is 0 Å². The summed E-state index contributed by atoms with van der Waals surface area (Å²) in [6.45, 7) is 2.02. The van der Waals surface area contributed by atoms with Crippen molar-refractivity contribution in [2.75, 3.05) is 0 Å². The predicted molar refractivity (Wildman–Crippen MR) is 98.7 cm³/mol. The highest BCUT2D eigenvalue weighted by molar-refractivity contribution is 7.61. The second-order valence-corrected chi connectivity index (χ2v) is 7.43. The number of pyridine rings is 1. The van der Waals surface area contributed by atoms with Crippen molar-refractivity contribution >= 4 is 40.2 Å². The fraction of sp³-hybridized carbons (Fsp3) is 0.0500. The molecule has 0 aliphatic rings. The van der Waals surface area contributed by atoms with Gasteiger partial charge in [-0.05, 0) is 24.4 Å². The Morgan fingerprint density at radius 1 is 0.783 bits per heavy atom. The summed E-state index contributed by atoms with van der Waals surface area (Å²) < 4.78 is 13.2. The van der Waals surface area contributed by atoms with Crippen LogP contribution in [0.3, 0.4) is 0 Å². The molecular formula is C20H16NOP. The maximum Gasteiger partial charge on any atom is 0.150 e. The number of hydrogen-bond donors (Lipinski definition) is 0. The molecule has 0 bridgehead atoms. The van der Waals surface area contributed by atoms with Crippen LogP contribution in [0, 0.1) is 6.92 Å². The first-order valence-electron chi connectivity index (χ1n) is 7.63. The zero-order valence-corrected chi connectivity index (χ0v) is 13.8. The summed E-state index contributed by atoms with van der Waals surface area (Å²) in [6, 6.07) is 24.0. The smallest absolute Gasteiger partial charge is 0.150 e. The van der Waals surface area contributed by atoms with Crippen LogP contribution in [0.4, 0.5) is 0 Å². The van der Waals surface area contributed by atoms with E-state index in [-0.39, 0.29) is 0 Å². The van der Waals surface area contributed by atoms with Crippen molar-refractivity contribution in [3.8, 4) is 0 Å². The van der Waals surface area contributed by atoms with Gasteiger partial charge in [-0.2, -0.15) is 0 Å². The molecule has 1 atom stereocenters. The Morgan fingerprint density at radius 3 is 2.26 bits per heavy atom. The summed E-state index contributed by atoms with van der Waals surface area (Å²) in [7, 11) is -2.14. The van der Waals surface area contributed by atoms with Crippen molar-refractivity contribution in [3.05, 3.63) is 78.4 Å². The van der Waals surface area contributed by atoms with Crippen molar-refractivity contribution in [2.24, 2.45) is 0 Å². The largest absolute Gasteiger partial charge is 0.315 e. The molecule has 1 unspecified atom stereocenters. The summed E-state index contributed by atoms with van der Waals surface area (Å²) in [5, 5.41) is 4.06. The molecule has 0 aliphatic carbocycles. The van der Waals surface area contributed by atoms with E-state index in [9.17, 15) is 4.57 Å². The number of hydrogen-bond acceptors (Lipinski definition) is 2. The normalized spacial score (nSPS) is 12.6. The molecule has 0 N–H and O–H groups in total. The van der Waals surface area contributed by atoms with Crippen LogP contribution in [0.1, 0.15) is 5.56 Å². The second-order valence-electron chi connectivity index (χ2n) is 5.72. The lowest BCUT2D eigenvalue weighted by Crippen LogP contribution is -2.12. The maximum atomic E-state index is 13.2. The maximum absolute atomic E-state index is 13.2. The van der Waals surface area contributed by atoms with Crippen molar-refractivity contribution in [1.29, 1.82) is 0 Å². The average Bonchev–Trinajstić information content (AvgIpc) is 2.60. The third-order valence-corrected chi connectivity index (χ3v) is 5.75. The van der Waals surface area contributed by atoms with E-state index in [0.717, 1.165) is 32.5 Å². The van der Waals surface area contributed by atoms with Gasteiger partial charge in [0.2, 0.25) is 0 Å². The van der Waals surface area contributed by atoms with Crippen LogP contribution < -0.4 is 10.7 Å². The second kappa shape index (κ2) is 5.64. The van der Waals surface area contributed by atoms with Crippen molar-refractivity contribution in [3.63, 3.8) is 0 Å². The molecule has 112 valence electrons. The highest BCUT2D eigenvalue weighted by Gasteiger charge is 2.14. The predicted octanol–water partition coefficient (Wildman–Crippen LogP) is 4.21. The molecule has 0 fully saturated rings. The van der Waals surface area contributed by atoms with Crippen LogP contribution in [0.25, 0.3) is 21.7 Å². The fourth-order valence-electron chi connectivity index (χ4n) is 3.00. The number of fused-ring (bicyclic) bond motifs is 3. The first-order chi connectivity index (χ1) is 11.2. The first kappa shape index (κ1) is 14.2. The molecule has 3 aromatic carbocycles. The SMILES string of the molecule is Cc1cccc([PH](=O)c2nc3ccccc3c3ccccc23)c1. The van der Waals surface area contributed by atoms with Crippen LogP contribution in [-0.4, -0.2) is 4.98 Å². The van der Waals surface area contributed by atoms with Gasteiger partial charge in [0.15, 0.2) is 0 Å². The molecule has 0 saturated carbocycles. The zero-order chi connectivity index (χ0) is 15.8. The van der Waals surface area contributed by atoms with Crippen LogP contribution in [0.15, 0.2) is 72.8 Å². The third-order valence-electron chi connectivity index (χ3n) is 4.10. The van der Waals surface area contributed by atoms with Crippen LogP contribution in [0.2, 0.25) is 0 Å². The Morgan fingerprint density at radius 2 is 1.48 bits per heavy atom. The van der Waals surface area contributed by atoms with Crippen molar-refractivity contribution < 1.29 is 4.57 Å². The van der Waals surface area contributed by atoms with E-state index in [0.29, 0.717) is 5.44 Å². The quantitative estimate of drug-likeness (QED) is 0.409. The van der Waals surface area contributed by atoms with Gasteiger partial charge in [0.05, 0.1) is 5.52 Å². The number of benzene rings is 3. The Bertz CT molecular complexity index is 1060. The van der Waals surface area contributed by atoms with Crippen LogP contribution >= 0.6 is 7.80 Å². The lowest BCUT2D eigenvalue weighted by atomic mass is 10.1. The average molecular weight is 317 g/mol. The molecule has 1 aromatic heterocycles. The molecule has 4 rings (SSSR count). The summed E-state index contributed by atoms with van der Waals surface area (Å²) in [5.74, 6) is 0. The van der Waals surface area contributed by atoms with E-state index in [4.69, 9.17) is 4.98 Å². The van der Waals surface area contributed by atoms with Gasteiger partial charge < -0.3 is 4.57 Å². The molecule has 23 heavy (non-hydrogen) atoms. The molecule has 0 amide bonds. The van der Waals surface area contributed by atoms with Gasteiger partial charge in [-0.25, -0.2) is 4.98 Å². The lowest BCUT2D eigenvalue weighted by Gasteiger charge is -2.10. The van der Waals surface area contributed by atoms with E-state index in [1.807, 2.05) is 67.6 Å². The molecular weight excluding hydrogens is 301 g/mol. The van der Waals surface area contributed by atoms with Crippen molar-refractivity contribution in [2.45, 2.75) is 6.92 Å². The monoisotopic (exact) mass is 317 g/mol. The number of rotatable bonds is 2. The zero-order valence-electron chi connectivity index (χ0n) is 12.8. The summed E-state index contributed by atoms with van der Waals surface area (Å²) in [4.78, 5) is 4.74. The standard InChI is InChI=1S/C20H16NOP/c1-14-7-6-8-15(13-14)23(22)20-18-11-3-2-9-16(18)17-10-4-5-12-19(17)21-20/h2-13,23H,1H3. The number of aryl methyl sites for hydroxylation is 1. The van der Waals surface area contributed by atoms with Gasteiger partial charge in [-0.15, -0.1) is 0 Å². The highest BCUT2D eigenvalue weighted by atomic mass is 31.1. The summed E-state index contributed by atoms with van der Waals surface area (Å²) in [6.07, 6.45) is 0. The minimum Gasteiger partial charge on any atom is -0.315 e. The third kappa shape index (κ3) is 2.46. The molecule has 2 nitrogen and oxygen atoms in total. The topological polar surface area (TPSA) is 30.0 Å². The van der Waals surface area contributed by atoms with Crippen LogP contribution in [-0.2, 0) is 4.57 Å². The van der Waals surface area contributed by atoms with E-state index in [1.54, 1.807) is 0 Å². The molecule has 0 saturated heterocycles. The number of aromatic nitrogens is 1. The van der Waals surface area contributed by atoms with E-state index in [1.165, 1.54) is 0 Å². The lowest BCUT2D eigenvalue weighted by molar-refractivity contribution is 0.598. The molecule has 3 heteroatoms. The molecule has 0 radical (unpaired) electrons. The Balaban J connectivity index is 2.03. The number of para-hydroxylation sites is 1. The van der Waals surface area contributed by atoms with Gasteiger partial charge in [0.1, 0.15) is 13.2 Å². The Labute approximate surface area is 135 Å². The van der Waals surface area contributed by atoms with Gasteiger partial charge in [-0.1, -0.05) is 66.2 Å². The number of nitrogens with zero attached hydrogens (tertiary/aromatic N) is 1. The van der Waals surface area contributed by atoms with Gasteiger partial charge in [0, 0.05) is 16.1 Å².